The van der Waals surface area contributed by atoms with Gasteiger partial charge >= 0.3 is 12.6 Å². The quantitative estimate of drug-likeness (QED) is 0.142. The largest absolute Gasteiger partial charge is 0.586 e. The van der Waals surface area contributed by atoms with E-state index < -0.39 is 12.6 Å². The Hall–Kier alpha value is -5.98. The summed E-state index contributed by atoms with van der Waals surface area (Å²) >= 11 is 3.39. The van der Waals surface area contributed by atoms with Crippen molar-refractivity contribution >= 4 is 44.7 Å². The zero-order chi connectivity index (χ0) is 44.2. The fourth-order valence-corrected chi connectivity index (χ4v) is 11.6. The van der Waals surface area contributed by atoms with Crippen molar-refractivity contribution in [3.05, 3.63) is 101 Å². The number of likely N-dealkylation sites (tertiary alicyclic amines) is 1. The number of rotatable bonds is 9. The molecule has 10 heterocycles. The van der Waals surface area contributed by atoms with Crippen LogP contribution in [0.3, 0.4) is 0 Å². The smallest absolute Gasteiger partial charge is 0.395 e. The summed E-state index contributed by atoms with van der Waals surface area (Å²) in [4.78, 5) is 22.3. The molecule has 1 N–H and O–H groups in total. The van der Waals surface area contributed by atoms with Gasteiger partial charge in [-0.25, -0.2) is 9.97 Å². The summed E-state index contributed by atoms with van der Waals surface area (Å²) in [6.07, 6.45) is 1.67. The second-order valence-corrected chi connectivity index (χ2v) is 19.0. The molecule has 2 atom stereocenters. The zero-order valence-electron chi connectivity index (χ0n) is 35.1. The van der Waals surface area contributed by atoms with Gasteiger partial charge in [-0.1, -0.05) is 6.07 Å². The molecular weight excluding hydrogens is 881 g/mol. The lowest BCUT2D eigenvalue weighted by Gasteiger charge is -2.31. The average molecular weight is 921 g/mol. The number of hydrogen-bond donors (Lipinski definition) is 1. The van der Waals surface area contributed by atoms with Crippen molar-refractivity contribution in [1.82, 2.24) is 29.3 Å². The molecule has 4 aliphatic rings. The van der Waals surface area contributed by atoms with Gasteiger partial charge in [-0.3, -0.25) is 14.4 Å². The highest BCUT2D eigenvalue weighted by Crippen LogP contribution is 2.53. The van der Waals surface area contributed by atoms with Gasteiger partial charge in [-0.15, -0.1) is 40.2 Å². The van der Waals surface area contributed by atoms with Crippen molar-refractivity contribution in [1.29, 1.82) is 0 Å². The molecule has 12 rings (SSSR count). The molecule has 2 aromatic carbocycles. The van der Waals surface area contributed by atoms with Crippen LogP contribution in [0.2, 0.25) is 0 Å². The van der Waals surface area contributed by atoms with E-state index in [2.05, 4.69) is 52.9 Å². The molecule has 0 radical (unpaired) electrons. The minimum Gasteiger partial charge on any atom is -0.395 e. The summed E-state index contributed by atoms with van der Waals surface area (Å²) in [6.45, 7) is 9.70. The lowest BCUT2D eigenvalue weighted by molar-refractivity contribution is -0.287. The Morgan fingerprint density at radius 1 is 0.631 bits per heavy atom. The third-order valence-corrected chi connectivity index (χ3v) is 15.5. The summed E-state index contributed by atoms with van der Waals surface area (Å²) in [5, 5.41) is 1.36. The summed E-state index contributed by atoms with van der Waals surface area (Å²) in [7, 11) is 0. The van der Waals surface area contributed by atoms with Crippen molar-refractivity contribution in [2.24, 2.45) is 0 Å². The fraction of sp³-hybridized carbons (Fsp3) is 0.292. The Bertz CT molecular complexity index is 3150. The molecule has 0 amide bonds. The Morgan fingerprint density at radius 2 is 1.28 bits per heavy atom. The summed E-state index contributed by atoms with van der Waals surface area (Å²) in [5.74, 6) is -0.576. The van der Waals surface area contributed by atoms with Crippen molar-refractivity contribution in [3.63, 3.8) is 0 Å². The number of aromatic amines is 1. The van der Waals surface area contributed by atoms with Crippen LogP contribution in [-0.2, 0) is 4.74 Å². The molecule has 8 aromatic rings. The van der Waals surface area contributed by atoms with Crippen LogP contribution < -0.4 is 18.9 Å². The molecule has 4 aliphatic heterocycles. The second-order valence-electron chi connectivity index (χ2n) is 16.8. The minimum absolute atomic E-state index is 0.102. The number of nitrogens with one attached hydrogen (secondary N) is 1. The number of fused-ring (bicyclic) bond motifs is 4. The number of ether oxygens (including phenoxy) is 5. The maximum atomic E-state index is 15.4. The Balaban J connectivity index is 0.954. The standard InChI is InChI=1S/C48H40F4N6O5S2/c1-26(56-13-3-4-14-56)39-9-11-41(64-39)29-19-32-34(24-54-45(32)53-22-29)31-6-7-36(44-43(31)62-48(51,52)63-44)58-25-35(28-5-8-37-38(21-28)61-47(49,50)60-37)33-20-30(23-55-46(33)58)42-12-10-40(65-42)27(2)57-15-17-59-18-16-57/h5-12,19-27H,3-4,13-18H2,1-2H3,(H,53,54). The van der Waals surface area contributed by atoms with E-state index in [0.29, 0.717) is 58.2 Å². The first-order chi connectivity index (χ1) is 31.4. The molecule has 6 aromatic heterocycles. The number of thiophene rings is 2. The maximum Gasteiger partial charge on any atom is 0.586 e. The predicted octanol–water partition coefficient (Wildman–Crippen LogP) is 11.9. The van der Waals surface area contributed by atoms with E-state index in [1.807, 2.05) is 18.3 Å². The van der Waals surface area contributed by atoms with Gasteiger partial charge in [0.2, 0.25) is 0 Å². The number of benzene rings is 2. The van der Waals surface area contributed by atoms with Crippen LogP contribution in [0, 0.1) is 0 Å². The van der Waals surface area contributed by atoms with Crippen LogP contribution in [0.25, 0.3) is 70.9 Å². The van der Waals surface area contributed by atoms with Gasteiger partial charge in [-0.2, -0.15) is 0 Å². The highest BCUT2D eigenvalue weighted by atomic mass is 32.1. The SMILES string of the molecule is CC(c1ccc(-c2cnc3[nH]cc(-c4ccc(-n5cc(-c6ccc7c(c6)OC(F)(F)O7)c6cc(-c7ccc(C(C)N8CCOCC8)s7)cnc65)c5c4OC(F)(F)O5)c3c2)s1)N1CCCC1. The van der Waals surface area contributed by atoms with Gasteiger partial charge in [0, 0.05) is 108 Å². The van der Waals surface area contributed by atoms with Crippen LogP contribution in [0.5, 0.6) is 23.0 Å². The van der Waals surface area contributed by atoms with E-state index in [0.717, 1.165) is 52.4 Å². The van der Waals surface area contributed by atoms with Crippen LogP contribution >= 0.6 is 22.7 Å². The molecule has 0 spiro atoms. The second kappa shape index (κ2) is 15.3. The first kappa shape index (κ1) is 40.5. The Labute approximate surface area is 377 Å². The van der Waals surface area contributed by atoms with E-state index in [-0.39, 0.29) is 34.7 Å². The predicted molar refractivity (Wildman–Crippen MR) is 241 cm³/mol. The molecular formula is C48H40F4N6O5S2. The van der Waals surface area contributed by atoms with Gasteiger partial charge < -0.3 is 28.7 Å². The third-order valence-electron chi connectivity index (χ3n) is 12.9. The molecule has 2 unspecified atom stereocenters. The molecule has 65 heavy (non-hydrogen) atoms. The van der Waals surface area contributed by atoms with Crippen molar-refractivity contribution < 1.29 is 41.2 Å². The Morgan fingerprint density at radius 3 is 2.02 bits per heavy atom. The number of halogens is 4. The lowest BCUT2D eigenvalue weighted by Crippen LogP contribution is -2.37. The van der Waals surface area contributed by atoms with E-state index in [1.54, 1.807) is 64.0 Å². The summed E-state index contributed by atoms with van der Waals surface area (Å²) < 4.78 is 86.7. The van der Waals surface area contributed by atoms with Gasteiger partial charge in [0.25, 0.3) is 0 Å². The molecule has 332 valence electrons. The highest BCUT2D eigenvalue weighted by Gasteiger charge is 2.47. The minimum atomic E-state index is -3.98. The van der Waals surface area contributed by atoms with Crippen LogP contribution in [0.4, 0.5) is 17.6 Å². The Kier molecular flexibility index (Phi) is 9.54. The number of pyridine rings is 2. The number of hydrogen-bond acceptors (Lipinski definition) is 11. The van der Waals surface area contributed by atoms with Crippen LogP contribution in [0.1, 0.15) is 48.5 Å². The first-order valence-corrected chi connectivity index (χ1v) is 23.2. The van der Waals surface area contributed by atoms with E-state index in [1.165, 1.54) is 34.7 Å². The number of H-pyrrole nitrogens is 1. The normalized spacial score (nSPS) is 18.9. The van der Waals surface area contributed by atoms with E-state index in [4.69, 9.17) is 33.7 Å². The zero-order valence-corrected chi connectivity index (χ0v) is 36.7. The summed E-state index contributed by atoms with van der Waals surface area (Å²) in [5.41, 5.74) is 5.06. The molecule has 17 heteroatoms. The van der Waals surface area contributed by atoms with Crippen LogP contribution in [0.15, 0.2) is 91.5 Å². The average Bonchev–Trinajstić information content (AvgIpc) is 4.17. The fourth-order valence-electron chi connectivity index (χ4n) is 9.46. The van der Waals surface area contributed by atoms with Crippen molar-refractivity contribution in [2.75, 3.05) is 39.4 Å². The van der Waals surface area contributed by atoms with Gasteiger partial charge in [0.15, 0.2) is 23.0 Å². The monoisotopic (exact) mass is 920 g/mol. The lowest BCUT2D eigenvalue weighted by atomic mass is 10.0. The molecule has 2 fully saturated rings. The topological polar surface area (TPSA) is 99.1 Å². The molecule has 0 bridgehead atoms. The molecule has 11 nitrogen and oxygen atoms in total. The van der Waals surface area contributed by atoms with E-state index >= 15 is 8.78 Å². The number of nitrogens with zero attached hydrogens (tertiary/aromatic N) is 5. The highest BCUT2D eigenvalue weighted by molar-refractivity contribution is 7.15. The molecule has 2 saturated heterocycles. The third kappa shape index (κ3) is 7.11. The van der Waals surface area contributed by atoms with Crippen molar-refractivity contribution in [2.45, 2.75) is 51.4 Å². The van der Waals surface area contributed by atoms with Gasteiger partial charge in [-0.05, 0) is 106 Å². The molecule has 0 saturated carbocycles. The molecule has 0 aliphatic carbocycles. The van der Waals surface area contributed by atoms with Crippen molar-refractivity contribution in [3.8, 4) is 71.8 Å². The number of alkyl halides is 4. The van der Waals surface area contributed by atoms with Gasteiger partial charge in [0.05, 0.1) is 18.9 Å². The van der Waals surface area contributed by atoms with E-state index in [9.17, 15) is 8.78 Å². The van der Waals surface area contributed by atoms with Gasteiger partial charge in [0.1, 0.15) is 11.3 Å². The maximum absolute atomic E-state index is 15.4. The summed E-state index contributed by atoms with van der Waals surface area (Å²) in [6, 6.07) is 20.9. The number of morpholine rings is 1. The van der Waals surface area contributed by atoms with Crippen LogP contribution in [-0.4, -0.2) is 81.3 Å². The number of aromatic nitrogens is 4. The first-order valence-electron chi connectivity index (χ1n) is 21.5.